The maximum absolute atomic E-state index is 13.8. The maximum Gasteiger partial charge on any atom is 0.252 e. The van der Waals surface area contributed by atoms with E-state index in [-0.39, 0.29) is 43.2 Å². The minimum atomic E-state index is -0.290. The van der Waals surface area contributed by atoms with Crippen molar-refractivity contribution in [2.24, 2.45) is 0 Å². The summed E-state index contributed by atoms with van der Waals surface area (Å²) >= 11 is 1.46. The molecule has 1 aromatic heterocycles. The number of nitrogens with one attached hydrogen (secondary N) is 1. The van der Waals surface area contributed by atoms with E-state index >= 15 is 0 Å². The van der Waals surface area contributed by atoms with Crippen LogP contribution in [0.2, 0.25) is 0 Å². The van der Waals surface area contributed by atoms with E-state index in [0.717, 1.165) is 12.8 Å². The summed E-state index contributed by atoms with van der Waals surface area (Å²) in [4.78, 5) is 26.1. The zero-order valence-corrected chi connectivity index (χ0v) is 14.0. The summed E-state index contributed by atoms with van der Waals surface area (Å²) in [5, 5.41) is 6.36. The molecular weight excluding hydrogens is 327 g/mol. The van der Waals surface area contributed by atoms with Crippen molar-refractivity contribution in [2.75, 3.05) is 6.54 Å². The first-order valence-corrected chi connectivity index (χ1v) is 8.92. The molecule has 0 spiro atoms. The number of carbonyl (C=O) groups is 2. The molecule has 1 aliphatic carbocycles. The van der Waals surface area contributed by atoms with Crippen molar-refractivity contribution < 1.29 is 14.0 Å². The fourth-order valence-corrected chi connectivity index (χ4v) is 3.18. The summed E-state index contributed by atoms with van der Waals surface area (Å²) in [7, 11) is 0. The number of nitrogens with zero attached hydrogens (tertiary/aromatic N) is 1. The van der Waals surface area contributed by atoms with Crippen LogP contribution in [-0.4, -0.2) is 29.3 Å². The van der Waals surface area contributed by atoms with Gasteiger partial charge in [-0.15, -0.1) is 0 Å². The lowest BCUT2D eigenvalue weighted by Gasteiger charge is -2.23. The van der Waals surface area contributed by atoms with Crippen LogP contribution in [0.5, 0.6) is 0 Å². The topological polar surface area (TPSA) is 49.4 Å². The molecule has 126 valence electrons. The minimum Gasteiger partial charge on any atom is -0.351 e. The van der Waals surface area contributed by atoms with Gasteiger partial charge in [-0.1, -0.05) is 18.2 Å². The maximum atomic E-state index is 13.8. The lowest BCUT2D eigenvalue weighted by Crippen LogP contribution is -2.35. The van der Waals surface area contributed by atoms with Crippen molar-refractivity contribution >= 4 is 23.2 Å². The summed E-state index contributed by atoms with van der Waals surface area (Å²) in [6.45, 7) is 0.572. The average molecular weight is 346 g/mol. The first-order valence-electron chi connectivity index (χ1n) is 7.98. The van der Waals surface area contributed by atoms with Crippen LogP contribution in [0.3, 0.4) is 0 Å². The Labute approximate surface area is 144 Å². The first kappa shape index (κ1) is 16.6. The molecule has 1 aliphatic rings. The largest absolute Gasteiger partial charge is 0.351 e. The molecule has 1 aromatic carbocycles. The van der Waals surface area contributed by atoms with Gasteiger partial charge in [-0.05, 0) is 30.4 Å². The molecule has 2 amide bonds. The lowest BCUT2D eigenvalue weighted by atomic mass is 10.2. The second kappa shape index (κ2) is 7.57. The second-order valence-electron chi connectivity index (χ2n) is 5.86. The van der Waals surface area contributed by atoms with E-state index in [2.05, 4.69) is 5.32 Å². The van der Waals surface area contributed by atoms with Crippen LogP contribution in [0.1, 0.15) is 35.2 Å². The summed E-state index contributed by atoms with van der Waals surface area (Å²) < 4.78 is 13.8. The Morgan fingerprint density at radius 2 is 2.04 bits per heavy atom. The van der Waals surface area contributed by atoms with Gasteiger partial charge in [0, 0.05) is 42.1 Å². The highest BCUT2D eigenvalue weighted by molar-refractivity contribution is 7.08. The predicted molar refractivity (Wildman–Crippen MR) is 91.2 cm³/mol. The van der Waals surface area contributed by atoms with Gasteiger partial charge in [-0.3, -0.25) is 9.59 Å². The SMILES string of the molecule is O=C(NCCC(=O)N(Cc1ccccc1F)C1CC1)c1ccsc1. The van der Waals surface area contributed by atoms with Gasteiger partial charge in [0.05, 0.1) is 0 Å². The Bertz CT molecular complexity index is 714. The Morgan fingerprint density at radius 1 is 1.25 bits per heavy atom. The first-order chi connectivity index (χ1) is 11.6. The number of carbonyl (C=O) groups excluding carboxylic acids is 2. The van der Waals surface area contributed by atoms with Crippen LogP contribution in [0.25, 0.3) is 0 Å². The third-order valence-electron chi connectivity index (χ3n) is 4.01. The van der Waals surface area contributed by atoms with Gasteiger partial charge >= 0.3 is 0 Å². The van der Waals surface area contributed by atoms with Gasteiger partial charge in [0.2, 0.25) is 5.91 Å². The average Bonchev–Trinajstić information content (AvgIpc) is 3.26. The summed E-state index contributed by atoms with van der Waals surface area (Å²) in [6.07, 6.45) is 2.14. The molecular formula is C18H19FN2O2S. The van der Waals surface area contributed by atoms with Gasteiger partial charge in [-0.2, -0.15) is 11.3 Å². The van der Waals surface area contributed by atoms with Crippen LogP contribution in [0.4, 0.5) is 4.39 Å². The molecule has 3 rings (SSSR count). The molecule has 0 saturated heterocycles. The van der Waals surface area contributed by atoms with Gasteiger partial charge in [0.1, 0.15) is 5.82 Å². The number of hydrogen-bond acceptors (Lipinski definition) is 3. The highest BCUT2D eigenvalue weighted by atomic mass is 32.1. The predicted octanol–water partition coefficient (Wildman–Crippen LogP) is 3.20. The van der Waals surface area contributed by atoms with Crippen molar-refractivity contribution in [3.05, 3.63) is 58.0 Å². The smallest absolute Gasteiger partial charge is 0.252 e. The number of rotatable bonds is 7. The molecule has 24 heavy (non-hydrogen) atoms. The number of amides is 2. The Kier molecular flexibility index (Phi) is 5.25. The van der Waals surface area contributed by atoms with E-state index in [0.29, 0.717) is 11.1 Å². The third kappa shape index (κ3) is 4.20. The van der Waals surface area contributed by atoms with E-state index in [9.17, 15) is 14.0 Å². The van der Waals surface area contributed by atoms with Crippen LogP contribution in [0.15, 0.2) is 41.1 Å². The van der Waals surface area contributed by atoms with Crippen molar-refractivity contribution in [1.82, 2.24) is 10.2 Å². The van der Waals surface area contributed by atoms with Crippen LogP contribution >= 0.6 is 11.3 Å². The number of thiophene rings is 1. The standard InChI is InChI=1S/C18H19FN2O2S/c19-16-4-2-1-3-13(16)11-21(15-5-6-15)17(22)7-9-20-18(23)14-8-10-24-12-14/h1-4,8,10,12,15H,5-7,9,11H2,(H,20,23). The Hall–Kier alpha value is -2.21. The fraction of sp³-hybridized carbons (Fsp3) is 0.333. The molecule has 1 fully saturated rings. The Morgan fingerprint density at radius 3 is 2.71 bits per heavy atom. The summed E-state index contributed by atoms with van der Waals surface area (Å²) in [5.74, 6) is -0.510. The van der Waals surface area contributed by atoms with Gasteiger partial charge in [0.25, 0.3) is 5.91 Å². The normalized spacial score (nSPS) is 13.5. The molecule has 1 saturated carbocycles. The van der Waals surface area contributed by atoms with E-state index < -0.39 is 0 Å². The second-order valence-corrected chi connectivity index (χ2v) is 6.64. The fourth-order valence-electron chi connectivity index (χ4n) is 2.54. The van der Waals surface area contributed by atoms with Crippen molar-refractivity contribution in [1.29, 1.82) is 0 Å². The van der Waals surface area contributed by atoms with E-state index in [1.165, 1.54) is 17.4 Å². The summed E-state index contributed by atoms with van der Waals surface area (Å²) in [5.41, 5.74) is 1.14. The van der Waals surface area contributed by atoms with Crippen molar-refractivity contribution in [3.8, 4) is 0 Å². The molecule has 0 bridgehead atoms. The molecule has 0 atom stereocenters. The minimum absolute atomic E-state index is 0.0497. The molecule has 6 heteroatoms. The van der Waals surface area contributed by atoms with Gasteiger partial charge < -0.3 is 10.2 Å². The van der Waals surface area contributed by atoms with E-state index in [4.69, 9.17) is 0 Å². The van der Waals surface area contributed by atoms with Gasteiger partial charge in [0.15, 0.2) is 0 Å². The lowest BCUT2D eigenvalue weighted by molar-refractivity contribution is -0.132. The molecule has 0 radical (unpaired) electrons. The quantitative estimate of drug-likeness (QED) is 0.837. The molecule has 0 aliphatic heterocycles. The van der Waals surface area contributed by atoms with Crippen LogP contribution in [0, 0.1) is 5.82 Å². The zero-order valence-electron chi connectivity index (χ0n) is 13.2. The molecule has 0 unspecified atom stereocenters. The van der Waals surface area contributed by atoms with Crippen LogP contribution < -0.4 is 5.32 Å². The number of benzene rings is 1. The third-order valence-corrected chi connectivity index (χ3v) is 4.70. The van der Waals surface area contributed by atoms with E-state index in [1.807, 2.05) is 5.38 Å². The van der Waals surface area contributed by atoms with Crippen molar-refractivity contribution in [2.45, 2.75) is 31.8 Å². The molecule has 1 N–H and O–H groups in total. The van der Waals surface area contributed by atoms with Crippen molar-refractivity contribution in [3.63, 3.8) is 0 Å². The summed E-state index contributed by atoms with van der Waals surface area (Å²) in [6, 6.07) is 8.47. The van der Waals surface area contributed by atoms with E-state index in [1.54, 1.807) is 34.5 Å². The monoisotopic (exact) mass is 346 g/mol. The highest BCUT2D eigenvalue weighted by Crippen LogP contribution is 2.29. The number of hydrogen-bond donors (Lipinski definition) is 1. The molecule has 4 nitrogen and oxygen atoms in total. The zero-order chi connectivity index (χ0) is 16.9. The molecule has 1 heterocycles. The molecule has 2 aromatic rings. The van der Waals surface area contributed by atoms with Gasteiger partial charge in [-0.25, -0.2) is 4.39 Å². The highest BCUT2D eigenvalue weighted by Gasteiger charge is 2.32. The number of halogens is 1. The van der Waals surface area contributed by atoms with Crippen LogP contribution in [-0.2, 0) is 11.3 Å². The Balaban J connectivity index is 1.53.